The largest absolute Gasteiger partial charge is 0.292 e. The molecule has 5 heteroatoms. The standard InChI is InChI=1S/C28H32O2S3/c1-5-25(6-2)17-19-13-9-11-15-21(19)23(29)27(25)31-28(33-32-27)24(30)22-16-12-10-14-20(22)18-26(28,7-3)8-4/h9-16H,5-8,17-18H2,1-4H3. The number of carbonyl (C=O) groups excluding carboxylic acids is 2. The summed E-state index contributed by atoms with van der Waals surface area (Å²) in [6.07, 6.45) is 5.50. The van der Waals surface area contributed by atoms with E-state index in [-0.39, 0.29) is 22.4 Å². The van der Waals surface area contributed by atoms with E-state index in [1.165, 1.54) is 11.1 Å². The minimum absolute atomic E-state index is 0.172. The van der Waals surface area contributed by atoms with Crippen LogP contribution in [-0.2, 0) is 12.8 Å². The minimum Gasteiger partial charge on any atom is -0.292 e. The monoisotopic (exact) mass is 496 g/mol. The number of Topliss-reactive ketones (excluding diaryl/α,β-unsaturated/α-hetero) is 2. The summed E-state index contributed by atoms with van der Waals surface area (Å²) < 4.78 is -1.29. The maximum Gasteiger partial charge on any atom is 0.190 e. The molecule has 1 saturated heterocycles. The second kappa shape index (κ2) is 8.20. The number of benzene rings is 2. The Balaban J connectivity index is 1.72. The first-order chi connectivity index (χ1) is 15.9. The molecule has 1 aliphatic heterocycles. The van der Waals surface area contributed by atoms with Gasteiger partial charge >= 0.3 is 0 Å². The summed E-state index contributed by atoms with van der Waals surface area (Å²) in [5.74, 6) is 0.445. The fraction of sp³-hybridized carbons (Fsp3) is 0.500. The second-order valence-corrected chi connectivity index (χ2v) is 14.3. The lowest BCUT2D eigenvalue weighted by Crippen LogP contribution is -2.57. The molecule has 2 atom stereocenters. The predicted molar refractivity (Wildman–Crippen MR) is 143 cm³/mol. The van der Waals surface area contributed by atoms with E-state index in [2.05, 4.69) is 39.8 Å². The highest BCUT2D eigenvalue weighted by atomic mass is 33.1. The van der Waals surface area contributed by atoms with Gasteiger partial charge in [0, 0.05) is 22.0 Å². The highest BCUT2D eigenvalue weighted by Gasteiger charge is 2.72. The van der Waals surface area contributed by atoms with Crippen molar-refractivity contribution < 1.29 is 9.59 Å². The smallest absolute Gasteiger partial charge is 0.190 e. The van der Waals surface area contributed by atoms with E-state index in [1.807, 2.05) is 36.4 Å². The molecule has 0 saturated carbocycles. The second-order valence-electron chi connectivity index (χ2n) is 9.80. The molecule has 2 nitrogen and oxygen atoms in total. The average molecular weight is 497 g/mol. The number of fused-ring (bicyclic) bond motifs is 2. The van der Waals surface area contributed by atoms with Crippen LogP contribution in [0.4, 0.5) is 0 Å². The summed E-state index contributed by atoms with van der Waals surface area (Å²) in [5.41, 5.74) is 3.71. The third-order valence-electron chi connectivity index (χ3n) is 8.85. The zero-order valence-corrected chi connectivity index (χ0v) is 22.4. The Labute approximate surface area is 209 Å². The van der Waals surface area contributed by atoms with Crippen LogP contribution >= 0.6 is 33.3 Å². The topological polar surface area (TPSA) is 34.1 Å². The Morgan fingerprint density at radius 2 is 1.00 bits per heavy atom. The summed E-state index contributed by atoms with van der Waals surface area (Å²) >= 11 is 1.74. The molecule has 2 aromatic rings. The highest BCUT2D eigenvalue weighted by Crippen LogP contribution is 2.79. The van der Waals surface area contributed by atoms with Gasteiger partial charge in [0.1, 0.15) is 8.16 Å². The number of hydrogen-bond donors (Lipinski definition) is 0. The summed E-state index contributed by atoms with van der Waals surface area (Å²) in [4.78, 5) is 28.7. The molecule has 2 unspecified atom stereocenters. The number of rotatable bonds is 4. The molecule has 33 heavy (non-hydrogen) atoms. The quantitative estimate of drug-likeness (QED) is 0.401. The Bertz CT molecular complexity index is 1030. The van der Waals surface area contributed by atoms with Crippen molar-refractivity contribution in [1.82, 2.24) is 0 Å². The van der Waals surface area contributed by atoms with Crippen molar-refractivity contribution >= 4 is 44.9 Å². The van der Waals surface area contributed by atoms with Crippen molar-refractivity contribution in [2.75, 3.05) is 0 Å². The zero-order valence-electron chi connectivity index (χ0n) is 19.9. The van der Waals surface area contributed by atoms with Crippen LogP contribution in [0.3, 0.4) is 0 Å². The summed E-state index contributed by atoms with van der Waals surface area (Å²) in [6, 6.07) is 16.3. The van der Waals surface area contributed by atoms with Crippen molar-refractivity contribution in [3.8, 4) is 0 Å². The molecule has 2 spiro atoms. The first-order valence-corrected chi connectivity index (χ1v) is 15.2. The SMILES string of the molecule is CCC1(CC)Cc2ccccc2C(=O)C12SSC1(S2)C(=O)c2ccccc2CC1(CC)CC. The molecule has 1 fully saturated rings. The van der Waals surface area contributed by atoms with Crippen molar-refractivity contribution in [3.05, 3.63) is 70.8 Å². The molecule has 1 heterocycles. The van der Waals surface area contributed by atoms with E-state index in [1.54, 1.807) is 33.3 Å². The van der Waals surface area contributed by atoms with E-state index in [0.29, 0.717) is 0 Å². The number of carbonyl (C=O) groups is 2. The summed E-state index contributed by atoms with van der Waals surface area (Å²) in [5, 5.41) is 0. The third kappa shape index (κ3) is 2.91. The van der Waals surface area contributed by atoms with E-state index in [4.69, 9.17) is 0 Å². The van der Waals surface area contributed by atoms with Crippen molar-refractivity contribution in [2.24, 2.45) is 10.8 Å². The molecule has 5 rings (SSSR count). The van der Waals surface area contributed by atoms with E-state index in [0.717, 1.165) is 49.7 Å². The van der Waals surface area contributed by atoms with Gasteiger partial charge in [-0.3, -0.25) is 9.59 Å². The molecule has 174 valence electrons. The van der Waals surface area contributed by atoms with E-state index >= 15 is 0 Å². The maximum atomic E-state index is 14.4. The van der Waals surface area contributed by atoms with Crippen LogP contribution in [0, 0.1) is 10.8 Å². The van der Waals surface area contributed by atoms with Crippen LogP contribution in [0.25, 0.3) is 0 Å². The molecule has 3 aliphatic rings. The number of hydrogen-bond acceptors (Lipinski definition) is 5. The van der Waals surface area contributed by atoms with Gasteiger partial charge in [0.2, 0.25) is 0 Å². The van der Waals surface area contributed by atoms with Crippen LogP contribution in [-0.4, -0.2) is 19.7 Å². The number of thioether (sulfide) groups is 1. The van der Waals surface area contributed by atoms with Crippen LogP contribution in [0.15, 0.2) is 48.5 Å². The third-order valence-corrected chi connectivity index (χ3v) is 15.8. The maximum absolute atomic E-state index is 14.4. The van der Waals surface area contributed by atoms with Gasteiger partial charge in [0.15, 0.2) is 11.6 Å². The van der Waals surface area contributed by atoms with Gasteiger partial charge in [0.05, 0.1) is 0 Å². The van der Waals surface area contributed by atoms with Gasteiger partial charge < -0.3 is 0 Å². The van der Waals surface area contributed by atoms with Gasteiger partial charge in [-0.05, 0) is 49.7 Å². The Hall–Kier alpha value is -1.17. The molecule has 0 radical (unpaired) electrons. The lowest BCUT2D eigenvalue weighted by Gasteiger charge is -2.53. The molecule has 0 bridgehead atoms. The molecule has 2 aromatic carbocycles. The molecule has 0 amide bonds. The average Bonchev–Trinajstić information content (AvgIpc) is 3.27. The normalized spacial score (nSPS) is 29.3. The predicted octanol–water partition coefficient (Wildman–Crippen LogP) is 8.00. The fourth-order valence-corrected chi connectivity index (χ4v) is 14.7. The molecular formula is C28H32O2S3. The zero-order chi connectivity index (χ0) is 23.5. The van der Waals surface area contributed by atoms with Gasteiger partial charge in [-0.2, -0.15) is 0 Å². The van der Waals surface area contributed by atoms with E-state index < -0.39 is 8.16 Å². The van der Waals surface area contributed by atoms with Crippen molar-refractivity contribution in [1.29, 1.82) is 0 Å². The van der Waals surface area contributed by atoms with Gasteiger partial charge in [-0.25, -0.2) is 0 Å². The molecule has 0 N–H and O–H groups in total. The lowest BCUT2D eigenvalue weighted by atomic mass is 9.66. The molecule has 2 aliphatic carbocycles. The first-order valence-electron chi connectivity index (χ1n) is 12.2. The van der Waals surface area contributed by atoms with Crippen LogP contribution < -0.4 is 0 Å². The Kier molecular flexibility index (Phi) is 5.86. The van der Waals surface area contributed by atoms with Crippen LogP contribution in [0.2, 0.25) is 0 Å². The summed E-state index contributed by atoms with van der Waals surface area (Å²) in [6.45, 7) is 8.92. The molecule has 0 aromatic heterocycles. The van der Waals surface area contributed by atoms with Gasteiger partial charge in [-0.1, -0.05) is 97.8 Å². The summed E-state index contributed by atoms with van der Waals surface area (Å²) in [7, 11) is 3.44. The van der Waals surface area contributed by atoms with Crippen LogP contribution in [0.5, 0.6) is 0 Å². The highest BCUT2D eigenvalue weighted by molar-refractivity contribution is 8.84. The van der Waals surface area contributed by atoms with Gasteiger partial charge in [0.25, 0.3) is 0 Å². The van der Waals surface area contributed by atoms with E-state index in [9.17, 15) is 9.59 Å². The van der Waals surface area contributed by atoms with Crippen molar-refractivity contribution in [3.63, 3.8) is 0 Å². The number of ketones is 2. The Morgan fingerprint density at radius 3 is 1.36 bits per heavy atom. The Morgan fingerprint density at radius 1 is 0.636 bits per heavy atom. The minimum atomic E-state index is -0.646. The molecular weight excluding hydrogens is 465 g/mol. The first kappa shape index (κ1) is 23.6. The van der Waals surface area contributed by atoms with Gasteiger partial charge in [-0.15, -0.1) is 11.8 Å². The fourth-order valence-electron chi connectivity index (χ4n) is 6.44. The van der Waals surface area contributed by atoms with Crippen LogP contribution in [0.1, 0.15) is 85.2 Å². The van der Waals surface area contributed by atoms with Crippen molar-refractivity contribution in [2.45, 2.75) is 74.4 Å². The lowest BCUT2D eigenvalue weighted by molar-refractivity contribution is 0.0840.